The van der Waals surface area contributed by atoms with E-state index in [9.17, 15) is 4.79 Å². The van der Waals surface area contributed by atoms with E-state index >= 15 is 0 Å². The quantitative estimate of drug-likeness (QED) is 0.728. The summed E-state index contributed by atoms with van der Waals surface area (Å²) in [5.41, 5.74) is 1.35. The van der Waals surface area contributed by atoms with E-state index in [2.05, 4.69) is 12.1 Å². The van der Waals surface area contributed by atoms with Crippen LogP contribution in [0.3, 0.4) is 0 Å². The summed E-state index contributed by atoms with van der Waals surface area (Å²) in [4.78, 5) is 10.7. The van der Waals surface area contributed by atoms with Crippen LogP contribution >= 0.6 is 0 Å². The van der Waals surface area contributed by atoms with Crippen LogP contribution in [0.1, 0.15) is 37.2 Å². The summed E-state index contributed by atoms with van der Waals surface area (Å²) in [5, 5.41) is 0. The van der Waals surface area contributed by atoms with Crippen LogP contribution in [0, 0.1) is 5.92 Å². The molecule has 0 amide bonds. The Bertz CT molecular complexity index is 352. The molecule has 1 aliphatic carbocycles. The first kappa shape index (κ1) is 11.2. The van der Waals surface area contributed by atoms with Crippen molar-refractivity contribution in [3.05, 3.63) is 29.8 Å². The van der Waals surface area contributed by atoms with Gasteiger partial charge in [-0.1, -0.05) is 12.1 Å². The van der Waals surface area contributed by atoms with Crippen LogP contribution in [0.25, 0.3) is 0 Å². The Balaban J connectivity index is 2.04. The van der Waals surface area contributed by atoms with E-state index in [4.69, 9.17) is 4.74 Å². The fourth-order valence-electron chi connectivity index (χ4n) is 2.48. The van der Waals surface area contributed by atoms with Gasteiger partial charge in [-0.3, -0.25) is 0 Å². The van der Waals surface area contributed by atoms with Gasteiger partial charge in [0.2, 0.25) is 0 Å². The van der Waals surface area contributed by atoms with Crippen molar-refractivity contribution in [1.29, 1.82) is 0 Å². The molecule has 0 unspecified atom stereocenters. The topological polar surface area (TPSA) is 26.3 Å². The van der Waals surface area contributed by atoms with Gasteiger partial charge >= 0.3 is 0 Å². The van der Waals surface area contributed by atoms with Crippen molar-refractivity contribution in [2.75, 3.05) is 7.11 Å². The molecule has 1 aromatic rings. The summed E-state index contributed by atoms with van der Waals surface area (Å²) in [7, 11) is 1.70. The molecule has 0 aromatic heterocycles. The molecule has 2 heteroatoms. The number of hydrogen-bond donors (Lipinski definition) is 0. The molecule has 1 saturated carbocycles. The van der Waals surface area contributed by atoms with Crippen molar-refractivity contribution in [3.8, 4) is 5.75 Å². The molecular weight excluding hydrogens is 200 g/mol. The van der Waals surface area contributed by atoms with Crippen LogP contribution < -0.4 is 4.74 Å². The molecule has 1 aliphatic rings. The van der Waals surface area contributed by atoms with Gasteiger partial charge in [0.25, 0.3) is 0 Å². The predicted octanol–water partition coefficient (Wildman–Crippen LogP) is 3.17. The van der Waals surface area contributed by atoms with Gasteiger partial charge in [-0.2, -0.15) is 0 Å². The van der Waals surface area contributed by atoms with Gasteiger partial charge in [-0.15, -0.1) is 0 Å². The highest BCUT2D eigenvalue weighted by Gasteiger charge is 2.21. The second kappa shape index (κ2) is 5.15. The molecule has 0 radical (unpaired) electrons. The van der Waals surface area contributed by atoms with Crippen molar-refractivity contribution >= 4 is 6.29 Å². The van der Waals surface area contributed by atoms with Gasteiger partial charge in [-0.05, 0) is 49.3 Å². The third kappa shape index (κ3) is 2.43. The van der Waals surface area contributed by atoms with Crippen LogP contribution in [0.4, 0.5) is 0 Å². The molecule has 0 heterocycles. The van der Waals surface area contributed by atoms with Gasteiger partial charge in [0, 0.05) is 5.92 Å². The van der Waals surface area contributed by atoms with Crippen LogP contribution in [-0.2, 0) is 4.79 Å². The van der Waals surface area contributed by atoms with Gasteiger partial charge in [-0.25, -0.2) is 0 Å². The molecular formula is C14H18O2. The predicted molar refractivity (Wildman–Crippen MR) is 63.8 cm³/mol. The third-order valence-electron chi connectivity index (χ3n) is 3.53. The van der Waals surface area contributed by atoms with Crippen LogP contribution in [0.15, 0.2) is 24.3 Å². The third-order valence-corrected chi connectivity index (χ3v) is 3.53. The molecule has 0 spiro atoms. The lowest BCUT2D eigenvalue weighted by atomic mass is 9.79. The minimum atomic E-state index is 0.293. The second-order valence-corrected chi connectivity index (χ2v) is 4.52. The van der Waals surface area contributed by atoms with Gasteiger partial charge in [0.05, 0.1) is 7.11 Å². The van der Waals surface area contributed by atoms with Crippen LogP contribution in [0.5, 0.6) is 5.75 Å². The summed E-state index contributed by atoms with van der Waals surface area (Å²) in [6.07, 6.45) is 5.42. The van der Waals surface area contributed by atoms with E-state index in [0.29, 0.717) is 11.8 Å². The van der Waals surface area contributed by atoms with E-state index in [0.717, 1.165) is 37.7 Å². The smallest absolute Gasteiger partial charge is 0.123 e. The lowest BCUT2D eigenvalue weighted by molar-refractivity contribution is -0.111. The zero-order chi connectivity index (χ0) is 11.4. The van der Waals surface area contributed by atoms with Crippen molar-refractivity contribution in [1.82, 2.24) is 0 Å². The van der Waals surface area contributed by atoms with E-state index in [-0.39, 0.29) is 0 Å². The molecule has 1 aromatic carbocycles. The zero-order valence-electron chi connectivity index (χ0n) is 9.69. The first-order valence-electron chi connectivity index (χ1n) is 5.92. The summed E-state index contributed by atoms with van der Waals surface area (Å²) >= 11 is 0. The molecule has 2 rings (SSSR count). The summed E-state index contributed by atoms with van der Waals surface area (Å²) < 4.78 is 5.23. The number of ether oxygens (including phenoxy) is 1. The van der Waals surface area contributed by atoms with E-state index in [1.807, 2.05) is 12.1 Å². The van der Waals surface area contributed by atoms with Crippen molar-refractivity contribution in [2.24, 2.45) is 5.92 Å². The lowest BCUT2D eigenvalue weighted by Crippen LogP contribution is -2.14. The number of aldehydes is 1. The maximum absolute atomic E-state index is 10.7. The first-order valence-corrected chi connectivity index (χ1v) is 5.92. The Labute approximate surface area is 96.6 Å². The molecule has 0 N–H and O–H groups in total. The van der Waals surface area contributed by atoms with E-state index in [1.54, 1.807) is 7.11 Å². The van der Waals surface area contributed by atoms with Gasteiger partial charge < -0.3 is 9.53 Å². The van der Waals surface area contributed by atoms with E-state index < -0.39 is 0 Å². The average Bonchev–Trinajstić information content (AvgIpc) is 2.39. The molecule has 2 nitrogen and oxygen atoms in total. The highest BCUT2D eigenvalue weighted by Crippen LogP contribution is 2.35. The molecule has 0 bridgehead atoms. The van der Waals surface area contributed by atoms with Gasteiger partial charge in [0.1, 0.15) is 12.0 Å². The summed E-state index contributed by atoms with van der Waals surface area (Å²) in [6, 6.07) is 8.29. The maximum Gasteiger partial charge on any atom is 0.123 e. The SMILES string of the molecule is COc1cccc(C2CCC(C=O)CC2)c1. The van der Waals surface area contributed by atoms with Crippen LogP contribution in [0.2, 0.25) is 0 Å². The minimum absolute atomic E-state index is 0.293. The minimum Gasteiger partial charge on any atom is -0.497 e. The molecule has 0 aliphatic heterocycles. The highest BCUT2D eigenvalue weighted by molar-refractivity contribution is 5.53. The summed E-state index contributed by atoms with van der Waals surface area (Å²) in [5.74, 6) is 1.82. The van der Waals surface area contributed by atoms with Crippen molar-refractivity contribution in [2.45, 2.75) is 31.6 Å². The highest BCUT2D eigenvalue weighted by atomic mass is 16.5. The number of hydrogen-bond acceptors (Lipinski definition) is 2. The Kier molecular flexibility index (Phi) is 3.60. The fraction of sp³-hybridized carbons (Fsp3) is 0.500. The number of carbonyl (C=O) groups is 1. The first-order chi connectivity index (χ1) is 7.83. The Morgan fingerprint density at radius 2 is 2.00 bits per heavy atom. The average molecular weight is 218 g/mol. The number of methoxy groups -OCH3 is 1. The lowest BCUT2D eigenvalue weighted by Gasteiger charge is -2.25. The molecule has 0 saturated heterocycles. The standard InChI is InChI=1S/C14H18O2/c1-16-14-4-2-3-13(9-14)12-7-5-11(10-15)6-8-12/h2-4,9-12H,5-8H2,1H3. The molecule has 0 atom stereocenters. The fourth-order valence-corrected chi connectivity index (χ4v) is 2.48. The van der Waals surface area contributed by atoms with Crippen molar-refractivity contribution in [3.63, 3.8) is 0 Å². The molecule has 86 valence electrons. The van der Waals surface area contributed by atoms with Gasteiger partial charge in [0.15, 0.2) is 0 Å². The second-order valence-electron chi connectivity index (χ2n) is 4.52. The Morgan fingerprint density at radius 1 is 1.25 bits per heavy atom. The van der Waals surface area contributed by atoms with Crippen molar-refractivity contribution < 1.29 is 9.53 Å². The van der Waals surface area contributed by atoms with Crippen LogP contribution in [-0.4, -0.2) is 13.4 Å². The molecule has 1 fully saturated rings. The number of benzene rings is 1. The zero-order valence-corrected chi connectivity index (χ0v) is 9.69. The summed E-state index contributed by atoms with van der Waals surface area (Å²) in [6.45, 7) is 0. The number of carbonyl (C=O) groups excluding carboxylic acids is 1. The Morgan fingerprint density at radius 3 is 2.62 bits per heavy atom. The monoisotopic (exact) mass is 218 g/mol. The molecule has 16 heavy (non-hydrogen) atoms. The van der Waals surface area contributed by atoms with E-state index in [1.165, 1.54) is 5.56 Å². The largest absolute Gasteiger partial charge is 0.497 e. The normalized spacial score (nSPS) is 25.1. The maximum atomic E-state index is 10.7. The Hall–Kier alpha value is -1.31. The number of rotatable bonds is 3.